The van der Waals surface area contributed by atoms with Crippen LogP contribution in [0.1, 0.15) is 0 Å². The summed E-state index contributed by atoms with van der Waals surface area (Å²) in [6.45, 7) is 0. The van der Waals surface area contributed by atoms with Crippen LogP contribution < -0.4 is 0 Å². The fourth-order valence-electron chi connectivity index (χ4n) is 8.87. The van der Waals surface area contributed by atoms with Crippen molar-refractivity contribution in [2.24, 2.45) is 0 Å². The first-order chi connectivity index (χ1) is 27.3. The molecule has 0 atom stereocenters. The first kappa shape index (κ1) is 31.3. The van der Waals surface area contributed by atoms with E-state index in [9.17, 15) is 0 Å². The molecule has 0 aliphatic rings. The largest absolute Gasteiger partial charge is 0.455 e. The summed E-state index contributed by atoms with van der Waals surface area (Å²) in [6.07, 6.45) is 0. The minimum absolute atomic E-state index is 0.908. The Kier molecular flexibility index (Phi) is 7.25. The van der Waals surface area contributed by atoms with E-state index in [4.69, 9.17) is 4.42 Å². The molecule has 1 heteroatoms. The summed E-state index contributed by atoms with van der Waals surface area (Å²) in [5.74, 6) is 0. The number of para-hydroxylation sites is 2. The molecule has 256 valence electrons. The van der Waals surface area contributed by atoms with Crippen LogP contribution in [-0.4, -0.2) is 0 Å². The maximum absolute atomic E-state index is 6.57. The standard InChI is InChI=1S/C54H34O/c1-2-17-38-35(15-1)16-13-27-41(38)40-19-4-3-18-39(40)36-31-33-37(34-32-36)52-45-23-7-9-25-47(45)53(48-26-10-8-24-46(48)52)44-22-6-5-20-42(44)49-28-14-29-50-43-21-11-12-30-51(43)55-54(49)50/h1-34H. The van der Waals surface area contributed by atoms with Gasteiger partial charge in [0.25, 0.3) is 0 Å². The van der Waals surface area contributed by atoms with Crippen molar-refractivity contribution < 1.29 is 4.42 Å². The van der Waals surface area contributed by atoms with Gasteiger partial charge >= 0.3 is 0 Å². The molecule has 10 aromatic carbocycles. The molecule has 1 nitrogen and oxygen atoms in total. The van der Waals surface area contributed by atoms with E-state index in [1.165, 1.54) is 76.8 Å². The quantitative estimate of drug-likeness (QED) is 0.163. The van der Waals surface area contributed by atoms with Crippen LogP contribution in [0, 0.1) is 0 Å². The predicted molar refractivity (Wildman–Crippen MR) is 233 cm³/mol. The van der Waals surface area contributed by atoms with Gasteiger partial charge in [0.2, 0.25) is 0 Å². The molecule has 0 aliphatic heterocycles. The summed E-state index contributed by atoms with van der Waals surface area (Å²) in [5.41, 5.74) is 13.9. The van der Waals surface area contributed by atoms with E-state index in [-0.39, 0.29) is 0 Å². The van der Waals surface area contributed by atoms with Crippen LogP contribution >= 0.6 is 0 Å². The van der Waals surface area contributed by atoms with Crippen LogP contribution in [0.5, 0.6) is 0 Å². The number of hydrogen-bond donors (Lipinski definition) is 0. The van der Waals surface area contributed by atoms with Crippen molar-refractivity contribution in [1.29, 1.82) is 0 Å². The van der Waals surface area contributed by atoms with Crippen molar-refractivity contribution in [2.45, 2.75) is 0 Å². The summed E-state index contributed by atoms with van der Waals surface area (Å²) in [6, 6.07) is 74.7. The molecule has 0 unspecified atom stereocenters. The molecule has 11 aromatic rings. The van der Waals surface area contributed by atoms with Gasteiger partial charge in [0.15, 0.2) is 0 Å². The minimum atomic E-state index is 0.908. The summed E-state index contributed by atoms with van der Waals surface area (Å²) in [7, 11) is 0. The lowest BCUT2D eigenvalue weighted by molar-refractivity contribution is 0.670. The van der Waals surface area contributed by atoms with Crippen LogP contribution in [0.3, 0.4) is 0 Å². The van der Waals surface area contributed by atoms with E-state index < -0.39 is 0 Å². The number of rotatable bonds is 5. The average molecular weight is 699 g/mol. The molecule has 1 heterocycles. The van der Waals surface area contributed by atoms with Crippen molar-refractivity contribution in [1.82, 2.24) is 0 Å². The second kappa shape index (κ2) is 12.7. The summed E-state index contributed by atoms with van der Waals surface area (Å²) >= 11 is 0. The molecule has 0 radical (unpaired) electrons. The van der Waals surface area contributed by atoms with Crippen molar-refractivity contribution in [3.05, 3.63) is 206 Å². The van der Waals surface area contributed by atoms with E-state index in [1.54, 1.807) is 0 Å². The molecule has 0 N–H and O–H groups in total. The third-order valence-electron chi connectivity index (χ3n) is 11.3. The molecule has 0 amide bonds. The highest BCUT2D eigenvalue weighted by molar-refractivity contribution is 6.23. The first-order valence-electron chi connectivity index (χ1n) is 18.9. The van der Waals surface area contributed by atoms with Gasteiger partial charge in [-0.2, -0.15) is 0 Å². The lowest BCUT2D eigenvalue weighted by Gasteiger charge is -2.20. The second-order valence-electron chi connectivity index (χ2n) is 14.3. The topological polar surface area (TPSA) is 13.1 Å². The van der Waals surface area contributed by atoms with Crippen LogP contribution in [0.2, 0.25) is 0 Å². The fourth-order valence-corrected chi connectivity index (χ4v) is 8.87. The van der Waals surface area contributed by atoms with Gasteiger partial charge in [-0.15, -0.1) is 0 Å². The van der Waals surface area contributed by atoms with Crippen LogP contribution in [0.4, 0.5) is 0 Å². The number of furan rings is 1. The molecule has 0 aliphatic carbocycles. The summed E-state index contributed by atoms with van der Waals surface area (Å²) in [4.78, 5) is 0. The lowest BCUT2D eigenvalue weighted by atomic mass is 9.83. The van der Waals surface area contributed by atoms with Crippen molar-refractivity contribution in [3.63, 3.8) is 0 Å². The minimum Gasteiger partial charge on any atom is -0.455 e. The van der Waals surface area contributed by atoms with Crippen molar-refractivity contribution in [3.8, 4) is 55.6 Å². The molecule has 1 aromatic heterocycles. The lowest BCUT2D eigenvalue weighted by Crippen LogP contribution is -1.93. The zero-order valence-corrected chi connectivity index (χ0v) is 30.0. The Hall–Kier alpha value is -7.22. The Morgan fingerprint density at radius 3 is 1.38 bits per heavy atom. The molecule has 0 saturated heterocycles. The zero-order valence-electron chi connectivity index (χ0n) is 30.0. The van der Waals surface area contributed by atoms with Gasteiger partial charge in [-0.25, -0.2) is 0 Å². The zero-order chi connectivity index (χ0) is 36.3. The molecule has 55 heavy (non-hydrogen) atoms. The van der Waals surface area contributed by atoms with E-state index in [0.29, 0.717) is 0 Å². The Morgan fingerprint density at radius 2 is 0.673 bits per heavy atom. The SMILES string of the molecule is c1ccc(-c2cccc3ccccc23)c(-c2ccc(-c3c4ccccc4c(-c4ccccc4-c4cccc5c4oc4ccccc45)c4ccccc34)cc2)c1. The molecule has 0 spiro atoms. The average Bonchev–Trinajstić information content (AvgIpc) is 3.65. The Bertz CT molecular complexity index is 3190. The van der Waals surface area contributed by atoms with Crippen molar-refractivity contribution >= 4 is 54.3 Å². The Balaban J connectivity index is 1.09. The normalized spacial score (nSPS) is 11.6. The van der Waals surface area contributed by atoms with Gasteiger partial charge in [0.1, 0.15) is 11.2 Å². The van der Waals surface area contributed by atoms with Gasteiger partial charge in [-0.05, 0) is 88.5 Å². The molecule has 0 bridgehead atoms. The Labute approximate surface area is 319 Å². The van der Waals surface area contributed by atoms with Gasteiger partial charge in [0.05, 0.1) is 0 Å². The third kappa shape index (κ3) is 5.01. The summed E-state index contributed by atoms with van der Waals surface area (Å²) < 4.78 is 6.57. The van der Waals surface area contributed by atoms with Crippen LogP contribution in [-0.2, 0) is 0 Å². The summed E-state index contributed by atoms with van der Waals surface area (Å²) in [5, 5.41) is 9.71. The third-order valence-corrected chi connectivity index (χ3v) is 11.3. The smallest absolute Gasteiger partial charge is 0.143 e. The molecular weight excluding hydrogens is 665 g/mol. The van der Waals surface area contributed by atoms with Crippen molar-refractivity contribution in [2.75, 3.05) is 0 Å². The highest BCUT2D eigenvalue weighted by Gasteiger charge is 2.21. The van der Waals surface area contributed by atoms with Crippen LogP contribution in [0.15, 0.2) is 211 Å². The van der Waals surface area contributed by atoms with Gasteiger partial charge in [-0.1, -0.05) is 200 Å². The maximum atomic E-state index is 6.57. The van der Waals surface area contributed by atoms with Gasteiger partial charge in [-0.3, -0.25) is 0 Å². The first-order valence-corrected chi connectivity index (χ1v) is 18.9. The number of fused-ring (bicyclic) bond motifs is 6. The highest BCUT2D eigenvalue weighted by Crippen LogP contribution is 2.48. The number of hydrogen-bond acceptors (Lipinski definition) is 1. The van der Waals surface area contributed by atoms with Gasteiger partial charge < -0.3 is 4.42 Å². The maximum Gasteiger partial charge on any atom is 0.143 e. The van der Waals surface area contributed by atoms with E-state index in [0.717, 1.165) is 33.1 Å². The molecule has 0 fully saturated rings. The second-order valence-corrected chi connectivity index (χ2v) is 14.3. The van der Waals surface area contributed by atoms with Gasteiger partial charge in [0, 0.05) is 16.3 Å². The highest BCUT2D eigenvalue weighted by atomic mass is 16.3. The molecule has 0 saturated carbocycles. The van der Waals surface area contributed by atoms with E-state index in [1.807, 2.05) is 6.07 Å². The molecular formula is C54H34O. The fraction of sp³-hybridized carbons (Fsp3) is 0. The predicted octanol–water partition coefficient (Wildman–Crippen LogP) is 15.4. The van der Waals surface area contributed by atoms with E-state index >= 15 is 0 Å². The monoisotopic (exact) mass is 698 g/mol. The van der Waals surface area contributed by atoms with Crippen LogP contribution in [0.25, 0.3) is 110 Å². The molecule has 11 rings (SSSR count). The van der Waals surface area contributed by atoms with E-state index in [2.05, 4.69) is 200 Å². The number of benzene rings is 10. The Morgan fingerprint density at radius 1 is 0.236 bits per heavy atom.